The standard InChI is InChI=1S/C22H17ClN6O3/c1-13-25-19(32-27-13)11-28-12-24-20-16-4-2-3-5-17(16)29(21(20)22(28)31)10-18(30)26-15-8-6-14(23)7-9-15/h2-9,12H,10-11H2,1H3,(H,26,30). The number of benzene rings is 2. The summed E-state index contributed by atoms with van der Waals surface area (Å²) in [4.78, 5) is 34.8. The maximum absolute atomic E-state index is 13.4. The van der Waals surface area contributed by atoms with Crippen molar-refractivity contribution in [3.63, 3.8) is 0 Å². The van der Waals surface area contributed by atoms with Gasteiger partial charge >= 0.3 is 0 Å². The van der Waals surface area contributed by atoms with Crippen LogP contribution in [0.15, 0.2) is 64.2 Å². The Morgan fingerprint density at radius 1 is 1.16 bits per heavy atom. The summed E-state index contributed by atoms with van der Waals surface area (Å²) in [6, 6.07) is 14.3. The van der Waals surface area contributed by atoms with E-state index in [-0.39, 0.29) is 24.6 Å². The van der Waals surface area contributed by atoms with Crippen LogP contribution in [0.4, 0.5) is 5.69 Å². The van der Waals surface area contributed by atoms with Crippen LogP contribution in [0.3, 0.4) is 0 Å². The number of anilines is 1. The van der Waals surface area contributed by atoms with E-state index in [1.807, 2.05) is 24.3 Å². The van der Waals surface area contributed by atoms with E-state index in [0.29, 0.717) is 33.5 Å². The smallest absolute Gasteiger partial charge is 0.278 e. The number of carbonyl (C=O) groups is 1. The molecule has 3 aromatic heterocycles. The lowest BCUT2D eigenvalue weighted by Crippen LogP contribution is -2.25. The summed E-state index contributed by atoms with van der Waals surface area (Å²) < 4.78 is 8.21. The van der Waals surface area contributed by atoms with Gasteiger partial charge in [0.25, 0.3) is 5.56 Å². The summed E-state index contributed by atoms with van der Waals surface area (Å²) in [5.74, 6) is 0.501. The van der Waals surface area contributed by atoms with Crippen molar-refractivity contribution in [1.82, 2.24) is 24.3 Å². The van der Waals surface area contributed by atoms with Gasteiger partial charge in [0.1, 0.15) is 24.1 Å². The fourth-order valence-electron chi connectivity index (χ4n) is 3.65. The van der Waals surface area contributed by atoms with Gasteiger partial charge in [-0.2, -0.15) is 4.98 Å². The number of carbonyl (C=O) groups excluding carboxylic acids is 1. The van der Waals surface area contributed by atoms with Crippen LogP contribution in [0.2, 0.25) is 5.02 Å². The molecule has 32 heavy (non-hydrogen) atoms. The van der Waals surface area contributed by atoms with Crippen molar-refractivity contribution in [2.24, 2.45) is 0 Å². The molecular weight excluding hydrogens is 432 g/mol. The first-order valence-corrected chi connectivity index (χ1v) is 10.2. The number of aromatic nitrogens is 5. The zero-order chi connectivity index (χ0) is 22.2. The van der Waals surface area contributed by atoms with Gasteiger partial charge < -0.3 is 14.4 Å². The highest BCUT2D eigenvalue weighted by Gasteiger charge is 2.19. The van der Waals surface area contributed by atoms with E-state index in [1.165, 1.54) is 10.9 Å². The predicted molar refractivity (Wildman–Crippen MR) is 120 cm³/mol. The molecular formula is C22H17ClN6O3. The summed E-state index contributed by atoms with van der Waals surface area (Å²) in [5.41, 5.74) is 1.91. The highest BCUT2D eigenvalue weighted by atomic mass is 35.5. The molecule has 2 aromatic carbocycles. The first-order valence-electron chi connectivity index (χ1n) is 9.80. The maximum Gasteiger partial charge on any atom is 0.278 e. The quantitative estimate of drug-likeness (QED) is 0.441. The number of fused-ring (bicyclic) bond motifs is 3. The third-order valence-electron chi connectivity index (χ3n) is 5.04. The topological polar surface area (TPSA) is 108 Å². The first-order chi connectivity index (χ1) is 15.5. The van der Waals surface area contributed by atoms with Gasteiger partial charge in [-0.1, -0.05) is 35.0 Å². The van der Waals surface area contributed by atoms with Gasteiger partial charge in [-0.25, -0.2) is 4.98 Å². The Hall–Kier alpha value is -3.98. The average Bonchev–Trinajstić information content (AvgIpc) is 3.33. The van der Waals surface area contributed by atoms with Crippen LogP contribution in [-0.2, 0) is 17.9 Å². The second-order valence-corrected chi connectivity index (χ2v) is 7.70. The highest BCUT2D eigenvalue weighted by Crippen LogP contribution is 2.25. The molecule has 9 nitrogen and oxygen atoms in total. The molecule has 0 fully saturated rings. The van der Waals surface area contributed by atoms with E-state index in [2.05, 4.69) is 20.4 Å². The SMILES string of the molecule is Cc1noc(Cn2cnc3c4ccccc4n(CC(=O)Nc4ccc(Cl)cc4)c3c2=O)n1. The third-order valence-corrected chi connectivity index (χ3v) is 5.29. The van der Waals surface area contributed by atoms with Crippen molar-refractivity contribution >= 4 is 45.1 Å². The van der Waals surface area contributed by atoms with E-state index < -0.39 is 0 Å². The number of halogens is 1. The van der Waals surface area contributed by atoms with Crippen molar-refractivity contribution in [2.75, 3.05) is 5.32 Å². The fraction of sp³-hybridized carbons (Fsp3) is 0.136. The molecule has 1 N–H and O–H groups in total. The molecule has 0 bridgehead atoms. The monoisotopic (exact) mass is 448 g/mol. The number of hydrogen-bond acceptors (Lipinski definition) is 6. The van der Waals surface area contributed by atoms with Gasteiger partial charge in [-0.15, -0.1) is 0 Å². The van der Waals surface area contributed by atoms with Crippen molar-refractivity contribution in [2.45, 2.75) is 20.0 Å². The first kappa shape index (κ1) is 20.0. The molecule has 1 amide bonds. The zero-order valence-electron chi connectivity index (χ0n) is 16.9. The Labute approximate surface area is 186 Å². The number of rotatable bonds is 5. The molecule has 0 aliphatic rings. The van der Waals surface area contributed by atoms with Crippen LogP contribution in [0.5, 0.6) is 0 Å². The van der Waals surface area contributed by atoms with Crippen LogP contribution < -0.4 is 10.9 Å². The van der Waals surface area contributed by atoms with Gasteiger partial charge in [0, 0.05) is 16.1 Å². The molecule has 5 aromatic rings. The minimum absolute atomic E-state index is 0.0623. The molecule has 5 rings (SSSR count). The Balaban J connectivity index is 1.57. The number of aryl methyl sites for hydroxylation is 1. The summed E-state index contributed by atoms with van der Waals surface area (Å²) in [7, 11) is 0. The number of nitrogens with one attached hydrogen (secondary N) is 1. The summed E-state index contributed by atoms with van der Waals surface area (Å²) in [6.45, 7) is 1.72. The zero-order valence-corrected chi connectivity index (χ0v) is 17.7. The van der Waals surface area contributed by atoms with Crippen molar-refractivity contribution in [1.29, 1.82) is 0 Å². The summed E-state index contributed by atoms with van der Waals surface area (Å²) in [5, 5.41) is 7.95. The van der Waals surface area contributed by atoms with E-state index in [0.717, 1.165) is 10.9 Å². The summed E-state index contributed by atoms with van der Waals surface area (Å²) >= 11 is 5.91. The molecule has 0 saturated heterocycles. The minimum atomic E-state index is -0.304. The average molecular weight is 449 g/mol. The van der Waals surface area contributed by atoms with Crippen molar-refractivity contribution in [3.05, 3.63) is 81.9 Å². The van der Waals surface area contributed by atoms with Crippen molar-refractivity contribution < 1.29 is 9.32 Å². The Morgan fingerprint density at radius 3 is 2.69 bits per heavy atom. The molecule has 0 spiro atoms. The molecule has 160 valence electrons. The Morgan fingerprint density at radius 2 is 1.94 bits per heavy atom. The molecule has 0 saturated carbocycles. The van der Waals surface area contributed by atoms with E-state index in [1.54, 1.807) is 35.8 Å². The van der Waals surface area contributed by atoms with Gasteiger partial charge in [0.05, 0.1) is 11.8 Å². The lowest BCUT2D eigenvalue weighted by molar-refractivity contribution is -0.116. The lowest BCUT2D eigenvalue weighted by atomic mass is 10.2. The van der Waals surface area contributed by atoms with Crippen LogP contribution in [0.25, 0.3) is 21.9 Å². The second-order valence-electron chi connectivity index (χ2n) is 7.27. The van der Waals surface area contributed by atoms with Crippen LogP contribution in [0, 0.1) is 6.92 Å². The Kier molecular flexibility index (Phi) is 4.95. The molecule has 10 heteroatoms. The largest absolute Gasteiger partial charge is 0.337 e. The van der Waals surface area contributed by atoms with Crippen molar-refractivity contribution in [3.8, 4) is 0 Å². The van der Waals surface area contributed by atoms with Crippen LogP contribution in [-0.4, -0.2) is 30.2 Å². The molecule has 3 heterocycles. The predicted octanol–water partition coefficient (Wildman–Crippen LogP) is 3.38. The van der Waals surface area contributed by atoms with Gasteiger partial charge in [0.2, 0.25) is 11.8 Å². The van der Waals surface area contributed by atoms with Gasteiger partial charge in [0.15, 0.2) is 5.82 Å². The molecule has 0 aliphatic carbocycles. The third kappa shape index (κ3) is 3.63. The minimum Gasteiger partial charge on any atom is -0.337 e. The molecule has 0 atom stereocenters. The van der Waals surface area contributed by atoms with E-state index in [9.17, 15) is 9.59 Å². The number of nitrogens with zero attached hydrogens (tertiary/aromatic N) is 5. The summed E-state index contributed by atoms with van der Waals surface area (Å²) in [6.07, 6.45) is 1.45. The van der Waals surface area contributed by atoms with Crippen LogP contribution in [0.1, 0.15) is 11.7 Å². The maximum atomic E-state index is 13.4. The van der Waals surface area contributed by atoms with E-state index >= 15 is 0 Å². The number of amides is 1. The number of para-hydroxylation sites is 1. The molecule has 0 aliphatic heterocycles. The number of hydrogen-bond donors (Lipinski definition) is 1. The Bertz CT molecular complexity index is 1520. The molecule has 0 unspecified atom stereocenters. The lowest BCUT2D eigenvalue weighted by Gasteiger charge is -2.09. The van der Waals surface area contributed by atoms with Gasteiger partial charge in [-0.3, -0.25) is 14.2 Å². The molecule has 0 radical (unpaired) electrons. The van der Waals surface area contributed by atoms with Gasteiger partial charge in [-0.05, 0) is 37.3 Å². The van der Waals surface area contributed by atoms with E-state index in [4.69, 9.17) is 16.1 Å². The second kappa shape index (κ2) is 7.93. The normalized spacial score (nSPS) is 11.3. The fourth-order valence-corrected chi connectivity index (χ4v) is 3.78. The highest BCUT2D eigenvalue weighted by molar-refractivity contribution is 6.30. The van der Waals surface area contributed by atoms with Crippen LogP contribution >= 0.6 is 11.6 Å².